The first-order valence-electron chi connectivity index (χ1n) is 10.7. The quantitative estimate of drug-likeness (QED) is 0.361. The highest BCUT2D eigenvalue weighted by Crippen LogP contribution is 2.27. The molecule has 1 aromatic carbocycles. The molecule has 2 N–H and O–H groups in total. The Morgan fingerprint density at radius 2 is 1.83 bits per heavy atom. The fourth-order valence-corrected chi connectivity index (χ4v) is 3.67. The number of carbonyl (C=O) groups is 2. The normalized spacial score (nSPS) is 10.9. The molecule has 35 heavy (non-hydrogen) atoms. The molecule has 0 aliphatic rings. The smallest absolute Gasteiger partial charge is 0.305 e. The molecule has 4 heterocycles. The number of nitrogens with zero attached hydrogens (tertiary/aromatic N) is 3. The Bertz CT molecular complexity index is 1500. The number of furan rings is 2. The maximum atomic E-state index is 13.1. The van der Waals surface area contributed by atoms with Crippen molar-refractivity contribution in [2.45, 2.75) is 13.5 Å². The number of ether oxygens (including phenoxy) is 1. The van der Waals surface area contributed by atoms with Crippen LogP contribution in [-0.4, -0.2) is 26.6 Å². The van der Waals surface area contributed by atoms with Gasteiger partial charge in [0.1, 0.15) is 23.8 Å². The Hall–Kier alpha value is -4.86. The zero-order valence-electron chi connectivity index (χ0n) is 18.9. The van der Waals surface area contributed by atoms with E-state index in [4.69, 9.17) is 13.6 Å². The minimum absolute atomic E-state index is 0.0330. The molecule has 10 heteroatoms. The van der Waals surface area contributed by atoms with E-state index < -0.39 is 11.8 Å². The van der Waals surface area contributed by atoms with Crippen LogP contribution in [0.5, 0.6) is 5.75 Å². The molecule has 0 atom stereocenters. The molecule has 5 aromatic rings. The third-order valence-electron chi connectivity index (χ3n) is 5.29. The zero-order chi connectivity index (χ0) is 24.4. The number of hydrazine groups is 1. The average Bonchev–Trinajstić information content (AvgIpc) is 3.63. The number of aromatic nitrogens is 3. The lowest BCUT2D eigenvalue weighted by molar-refractivity contribution is 0.0829. The summed E-state index contributed by atoms with van der Waals surface area (Å²) < 4.78 is 18.2. The first-order chi connectivity index (χ1) is 17.0. The van der Waals surface area contributed by atoms with E-state index in [2.05, 4.69) is 20.9 Å². The number of carbonyl (C=O) groups excluding carboxylic acids is 2. The first kappa shape index (κ1) is 22.0. The van der Waals surface area contributed by atoms with Gasteiger partial charge >= 0.3 is 5.91 Å². The topological polar surface area (TPSA) is 124 Å². The molecular weight excluding hydrogens is 450 g/mol. The Kier molecular flexibility index (Phi) is 5.76. The summed E-state index contributed by atoms with van der Waals surface area (Å²) >= 11 is 0. The SMILES string of the molecule is Cc1nn(C)c2nc(-c3ccco3)cc(C(=O)NNC(=O)c3ccc(COc4ccccc4)o3)c12. The van der Waals surface area contributed by atoms with E-state index in [0.29, 0.717) is 45.3 Å². The largest absolute Gasteiger partial charge is 0.486 e. The molecule has 0 aliphatic heterocycles. The lowest BCUT2D eigenvalue weighted by Crippen LogP contribution is -2.41. The van der Waals surface area contributed by atoms with Gasteiger partial charge in [-0.2, -0.15) is 5.10 Å². The van der Waals surface area contributed by atoms with Crippen LogP contribution in [0.4, 0.5) is 0 Å². The zero-order valence-corrected chi connectivity index (χ0v) is 18.9. The van der Waals surface area contributed by atoms with Crippen molar-refractivity contribution in [3.8, 4) is 17.2 Å². The standard InChI is InChI=1S/C25H21N5O5/c1-15-22-18(13-19(20-9-6-12-33-20)26-23(22)30(2)29-15)24(31)27-28-25(32)21-11-10-17(35-21)14-34-16-7-4-3-5-8-16/h3-13H,14H2,1-2H3,(H,27,31)(H,28,32). The molecule has 0 fully saturated rings. The maximum Gasteiger partial charge on any atom is 0.305 e. The van der Waals surface area contributed by atoms with Gasteiger partial charge < -0.3 is 13.6 Å². The minimum Gasteiger partial charge on any atom is -0.486 e. The van der Waals surface area contributed by atoms with Gasteiger partial charge in [0.15, 0.2) is 17.2 Å². The van der Waals surface area contributed by atoms with E-state index in [1.807, 2.05) is 30.3 Å². The summed E-state index contributed by atoms with van der Waals surface area (Å²) in [5.41, 5.74) is 6.74. The second kappa shape index (κ2) is 9.18. The van der Waals surface area contributed by atoms with Crippen LogP contribution in [0.25, 0.3) is 22.5 Å². The van der Waals surface area contributed by atoms with Crippen molar-refractivity contribution in [2.75, 3.05) is 0 Å². The molecular formula is C25H21N5O5. The van der Waals surface area contributed by atoms with E-state index in [9.17, 15) is 9.59 Å². The van der Waals surface area contributed by atoms with Gasteiger partial charge in [0.05, 0.1) is 22.9 Å². The molecule has 0 bridgehead atoms. The van der Waals surface area contributed by atoms with Gasteiger partial charge in [-0.15, -0.1) is 0 Å². The number of aryl methyl sites for hydroxylation is 2. The second-order valence-corrected chi connectivity index (χ2v) is 7.72. The van der Waals surface area contributed by atoms with E-state index >= 15 is 0 Å². The van der Waals surface area contributed by atoms with Gasteiger partial charge in [0.2, 0.25) is 0 Å². The van der Waals surface area contributed by atoms with Crippen LogP contribution in [0.2, 0.25) is 0 Å². The number of amides is 2. The highest BCUT2D eigenvalue weighted by atomic mass is 16.5. The summed E-state index contributed by atoms with van der Waals surface area (Å²) in [4.78, 5) is 30.2. The average molecular weight is 471 g/mol. The van der Waals surface area contributed by atoms with Crippen LogP contribution in [0.3, 0.4) is 0 Å². The van der Waals surface area contributed by atoms with Crippen LogP contribution >= 0.6 is 0 Å². The number of fused-ring (bicyclic) bond motifs is 1. The van der Waals surface area contributed by atoms with Crippen molar-refractivity contribution >= 4 is 22.8 Å². The van der Waals surface area contributed by atoms with Crippen molar-refractivity contribution in [3.63, 3.8) is 0 Å². The van der Waals surface area contributed by atoms with Crippen LogP contribution < -0.4 is 15.6 Å². The summed E-state index contributed by atoms with van der Waals surface area (Å²) in [6.07, 6.45) is 1.53. The molecule has 0 unspecified atom stereocenters. The first-order valence-corrected chi connectivity index (χ1v) is 10.7. The van der Waals surface area contributed by atoms with E-state index in [0.717, 1.165) is 0 Å². The van der Waals surface area contributed by atoms with Crippen LogP contribution in [0.15, 0.2) is 75.8 Å². The van der Waals surface area contributed by atoms with Crippen molar-refractivity contribution in [3.05, 3.63) is 89.7 Å². The highest BCUT2D eigenvalue weighted by Gasteiger charge is 2.21. The summed E-state index contributed by atoms with van der Waals surface area (Å²) in [5.74, 6) is 0.550. The molecule has 0 saturated heterocycles. The van der Waals surface area contributed by atoms with E-state index in [1.54, 1.807) is 42.9 Å². The Labute approximate surface area is 199 Å². The lowest BCUT2D eigenvalue weighted by Gasteiger charge is -2.09. The second-order valence-electron chi connectivity index (χ2n) is 7.72. The Morgan fingerprint density at radius 3 is 2.60 bits per heavy atom. The molecule has 176 valence electrons. The number of pyridine rings is 1. The maximum absolute atomic E-state index is 13.1. The number of hydrogen-bond acceptors (Lipinski definition) is 7. The number of benzene rings is 1. The highest BCUT2D eigenvalue weighted by molar-refractivity contribution is 6.08. The molecule has 0 spiro atoms. The molecule has 0 aliphatic carbocycles. The number of nitrogens with one attached hydrogen (secondary N) is 2. The van der Waals surface area contributed by atoms with Gasteiger partial charge in [-0.1, -0.05) is 18.2 Å². The number of rotatable bonds is 6. The fraction of sp³-hybridized carbons (Fsp3) is 0.120. The minimum atomic E-state index is -0.608. The molecule has 0 radical (unpaired) electrons. The van der Waals surface area contributed by atoms with Crippen LogP contribution in [-0.2, 0) is 13.7 Å². The third kappa shape index (κ3) is 4.49. The van der Waals surface area contributed by atoms with Gasteiger partial charge in [0.25, 0.3) is 5.91 Å². The van der Waals surface area contributed by atoms with Crippen molar-refractivity contribution in [2.24, 2.45) is 7.05 Å². The van der Waals surface area contributed by atoms with Crippen LogP contribution in [0.1, 0.15) is 32.4 Å². The molecule has 2 amide bonds. The van der Waals surface area contributed by atoms with Gasteiger partial charge in [-0.05, 0) is 49.4 Å². The Morgan fingerprint density at radius 1 is 1.03 bits per heavy atom. The van der Waals surface area contributed by atoms with Crippen molar-refractivity contribution < 1.29 is 23.2 Å². The molecule has 5 rings (SSSR count). The van der Waals surface area contributed by atoms with Crippen molar-refractivity contribution in [1.29, 1.82) is 0 Å². The van der Waals surface area contributed by atoms with Gasteiger partial charge in [-0.3, -0.25) is 25.1 Å². The molecule has 10 nitrogen and oxygen atoms in total. The third-order valence-corrected chi connectivity index (χ3v) is 5.29. The van der Waals surface area contributed by atoms with Crippen LogP contribution in [0, 0.1) is 6.92 Å². The predicted octanol–water partition coefficient (Wildman–Crippen LogP) is 3.78. The molecule has 0 saturated carbocycles. The molecule has 4 aromatic heterocycles. The summed E-state index contributed by atoms with van der Waals surface area (Å²) in [6, 6.07) is 17.5. The van der Waals surface area contributed by atoms with Gasteiger partial charge in [-0.25, -0.2) is 4.98 Å². The van der Waals surface area contributed by atoms with E-state index in [1.165, 1.54) is 12.3 Å². The number of hydrogen-bond donors (Lipinski definition) is 2. The van der Waals surface area contributed by atoms with E-state index in [-0.39, 0.29) is 12.4 Å². The van der Waals surface area contributed by atoms with Gasteiger partial charge in [0, 0.05) is 7.05 Å². The van der Waals surface area contributed by atoms with Crippen molar-refractivity contribution in [1.82, 2.24) is 25.6 Å². The monoisotopic (exact) mass is 471 g/mol. The summed E-state index contributed by atoms with van der Waals surface area (Å²) in [5, 5.41) is 4.95. The predicted molar refractivity (Wildman–Crippen MR) is 125 cm³/mol. The Balaban J connectivity index is 1.30. The summed E-state index contributed by atoms with van der Waals surface area (Å²) in [7, 11) is 1.74. The number of para-hydroxylation sites is 1. The lowest BCUT2D eigenvalue weighted by atomic mass is 10.1. The fourth-order valence-electron chi connectivity index (χ4n) is 3.67. The summed E-state index contributed by atoms with van der Waals surface area (Å²) in [6.45, 7) is 1.95.